The molecule has 0 bridgehead atoms. The van der Waals surface area contributed by atoms with E-state index in [1.165, 1.54) is 0 Å². The van der Waals surface area contributed by atoms with Crippen molar-refractivity contribution < 1.29 is 34.2 Å². The molecule has 3 atom stereocenters. The number of thiol groups is 1. The summed E-state index contributed by atoms with van der Waals surface area (Å²) in [5, 5.41) is 24.3. The molecule has 0 aliphatic carbocycles. The summed E-state index contributed by atoms with van der Waals surface area (Å²) < 4.78 is 0. The zero-order valence-corrected chi connectivity index (χ0v) is 16.9. The molecule has 0 fully saturated rings. The van der Waals surface area contributed by atoms with Crippen LogP contribution in [0.2, 0.25) is 0 Å². The van der Waals surface area contributed by atoms with Crippen LogP contribution in [0, 0.1) is 0 Å². The number of aliphatic imine (C=N–C) groups is 1. The van der Waals surface area contributed by atoms with Crippen LogP contribution < -0.4 is 33.2 Å². The Labute approximate surface area is 177 Å². The molecular weight excluding hydrogens is 422 g/mol. The summed E-state index contributed by atoms with van der Waals surface area (Å²) in [5.41, 5.74) is 16.0. The molecule has 0 heterocycles. The Kier molecular flexibility index (Phi) is 12.6. The van der Waals surface area contributed by atoms with Gasteiger partial charge in [0.2, 0.25) is 17.7 Å². The second-order valence-corrected chi connectivity index (χ2v) is 6.44. The first kappa shape index (κ1) is 26.9. The average Bonchev–Trinajstić information content (AvgIpc) is 2.65. The first-order valence-electron chi connectivity index (χ1n) is 8.71. The van der Waals surface area contributed by atoms with Crippen molar-refractivity contribution in [2.24, 2.45) is 22.2 Å². The van der Waals surface area contributed by atoms with Crippen molar-refractivity contribution in [3.05, 3.63) is 0 Å². The molecule has 11 N–H and O–H groups in total. The number of nitrogens with zero attached hydrogens (tertiary/aromatic N) is 1. The highest BCUT2D eigenvalue weighted by atomic mass is 32.1. The Hall–Kier alpha value is -3.07. The number of hydrogen-bond acceptors (Lipinski definition) is 8. The lowest BCUT2D eigenvalue weighted by molar-refractivity contribution is -0.143. The second kappa shape index (κ2) is 14.0. The summed E-state index contributed by atoms with van der Waals surface area (Å²) in [7, 11) is 0. The summed E-state index contributed by atoms with van der Waals surface area (Å²) in [6.07, 6.45) is -0.126. The molecule has 0 rings (SSSR count). The van der Waals surface area contributed by atoms with Crippen LogP contribution in [0.15, 0.2) is 4.99 Å². The lowest BCUT2D eigenvalue weighted by Crippen LogP contribution is -2.54. The third-order valence-corrected chi connectivity index (χ3v) is 3.92. The summed E-state index contributed by atoms with van der Waals surface area (Å²) in [6.45, 7) is -0.293. The van der Waals surface area contributed by atoms with Gasteiger partial charge in [0.05, 0.1) is 19.0 Å². The van der Waals surface area contributed by atoms with Crippen LogP contribution in [0.5, 0.6) is 0 Å². The van der Waals surface area contributed by atoms with Gasteiger partial charge in [-0.05, 0) is 12.8 Å². The minimum Gasteiger partial charge on any atom is -0.481 e. The van der Waals surface area contributed by atoms with Crippen molar-refractivity contribution in [3.8, 4) is 0 Å². The minimum atomic E-state index is -1.55. The van der Waals surface area contributed by atoms with Crippen molar-refractivity contribution in [3.63, 3.8) is 0 Å². The number of hydrogen-bond donors (Lipinski definition) is 9. The van der Waals surface area contributed by atoms with E-state index in [-0.39, 0.29) is 24.7 Å². The molecule has 15 heteroatoms. The van der Waals surface area contributed by atoms with Gasteiger partial charge in [0, 0.05) is 12.3 Å². The number of carbonyl (C=O) groups is 5. The zero-order valence-electron chi connectivity index (χ0n) is 16.0. The van der Waals surface area contributed by atoms with Gasteiger partial charge in [0.15, 0.2) is 5.96 Å². The van der Waals surface area contributed by atoms with Gasteiger partial charge >= 0.3 is 11.9 Å². The van der Waals surface area contributed by atoms with Crippen molar-refractivity contribution >= 4 is 48.2 Å². The Balaban J connectivity index is 4.66. The van der Waals surface area contributed by atoms with E-state index in [0.717, 1.165) is 0 Å². The molecule has 170 valence electrons. The monoisotopic (exact) mass is 449 g/mol. The quantitative estimate of drug-likeness (QED) is 0.0536. The molecule has 0 unspecified atom stereocenters. The van der Waals surface area contributed by atoms with Gasteiger partial charge in [-0.2, -0.15) is 12.6 Å². The Morgan fingerprint density at radius 2 is 1.63 bits per heavy atom. The molecule has 0 spiro atoms. The summed E-state index contributed by atoms with van der Waals surface area (Å²) in [6, 6.07) is -3.86. The van der Waals surface area contributed by atoms with Crippen molar-refractivity contribution in [1.29, 1.82) is 0 Å². The highest BCUT2D eigenvalue weighted by Gasteiger charge is 2.28. The van der Waals surface area contributed by atoms with E-state index in [2.05, 4.69) is 33.6 Å². The molecule has 3 amide bonds. The van der Waals surface area contributed by atoms with E-state index in [0.29, 0.717) is 6.42 Å². The summed E-state index contributed by atoms with van der Waals surface area (Å²) >= 11 is 3.78. The van der Waals surface area contributed by atoms with Gasteiger partial charge in [-0.15, -0.1) is 0 Å². The number of carboxylic acids is 2. The van der Waals surface area contributed by atoms with Crippen LogP contribution in [-0.2, 0) is 24.0 Å². The number of amides is 3. The second-order valence-electron chi connectivity index (χ2n) is 6.07. The van der Waals surface area contributed by atoms with Gasteiger partial charge in [-0.25, -0.2) is 4.79 Å². The van der Waals surface area contributed by atoms with Crippen LogP contribution in [-0.4, -0.2) is 82.8 Å². The fourth-order valence-corrected chi connectivity index (χ4v) is 2.28. The minimum absolute atomic E-state index is 0.0892. The van der Waals surface area contributed by atoms with Crippen molar-refractivity contribution in [1.82, 2.24) is 16.0 Å². The van der Waals surface area contributed by atoms with Gasteiger partial charge in [-0.3, -0.25) is 24.2 Å². The van der Waals surface area contributed by atoms with Crippen molar-refractivity contribution in [2.45, 2.75) is 37.4 Å². The molecule has 0 aromatic rings. The molecule has 0 aliphatic heterocycles. The highest BCUT2D eigenvalue weighted by molar-refractivity contribution is 7.80. The number of guanidine groups is 1. The van der Waals surface area contributed by atoms with E-state index >= 15 is 0 Å². The van der Waals surface area contributed by atoms with Gasteiger partial charge < -0.3 is 43.4 Å². The topological polar surface area (TPSA) is 252 Å². The fourth-order valence-electron chi connectivity index (χ4n) is 2.04. The van der Waals surface area contributed by atoms with E-state index in [9.17, 15) is 24.0 Å². The number of carbonyl (C=O) groups excluding carboxylic acids is 3. The first-order chi connectivity index (χ1) is 14.0. The van der Waals surface area contributed by atoms with E-state index < -0.39 is 60.8 Å². The lowest BCUT2D eigenvalue weighted by atomic mass is 10.1. The number of aliphatic carboxylic acids is 2. The zero-order chi connectivity index (χ0) is 23.3. The maximum Gasteiger partial charge on any atom is 0.327 e. The normalized spacial score (nSPS) is 13.3. The van der Waals surface area contributed by atoms with Crippen LogP contribution in [0.3, 0.4) is 0 Å². The standard InChI is InChI=1S/C15H27N7O7S/c16-7(2-1-3-19-15(17)18)12(26)20-5-10(23)21-8(4-11(24)25)13(27)22-9(6-30)14(28)29/h7-9,30H,1-6,16H2,(H,20,26)(H,21,23)(H,22,27)(H,24,25)(H,28,29)(H4,17,18,19)/t7-,8-,9+/m0/s1. The number of carboxylic acid groups (broad SMARTS) is 2. The van der Waals surface area contributed by atoms with Crippen LogP contribution in [0.25, 0.3) is 0 Å². The number of nitrogens with two attached hydrogens (primary N) is 3. The number of nitrogens with one attached hydrogen (secondary N) is 3. The SMILES string of the molecule is NC(N)=NCCC[C@H](N)C(=O)NCC(=O)N[C@@H](CC(=O)O)C(=O)N[C@H](CS)C(=O)O. The third kappa shape index (κ3) is 11.7. The smallest absolute Gasteiger partial charge is 0.327 e. The average molecular weight is 449 g/mol. The predicted molar refractivity (Wildman–Crippen MR) is 108 cm³/mol. The van der Waals surface area contributed by atoms with E-state index in [1.807, 2.05) is 0 Å². The molecular formula is C15H27N7O7S. The molecule has 0 saturated heterocycles. The van der Waals surface area contributed by atoms with Gasteiger partial charge in [0.25, 0.3) is 0 Å². The molecule has 0 radical (unpaired) electrons. The molecule has 14 nitrogen and oxygen atoms in total. The highest BCUT2D eigenvalue weighted by Crippen LogP contribution is 1.98. The van der Waals surface area contributed by atoms with E-state index in [4.69, 9.17) is 27.4 Å². The van der Waals surface area contributed by atoms with Gasteiger partial charge in [0.1, 0.15) is 12.1 Å². The molecule has 0 aromatic carbocycles. The van der Waals surface area contributed by atoms with Gasteiger partial charge in [-0.1, -0.05) is 0 Å². The molecule has 0 saturated carbocycles. The number of rotatable bonds is 14. The maximum atomic E-state index is 12.1. The summed E-state index contributed by atoms with van der Waals surface area (Å²) in [5.74, 6) is -5.64. The van der Waals surface area contributed by atoms with Crippen LogP contribution >= 0.6 is 12.6 Å². The Bertz CT molecular complexity index is 670. The molecule has 0 aliphatic rings. The predicted octanol–water partition coefficient (Wildman–Crippen LogP) is -4.06. The summed E-state index contributed by atoms with van der Waals surface area (Å²) in [4.78, 5) is 61.6. The Morgan fingerprint density at radius 1 is 1.00 bits per heavy atom. The van der Waals surface area contributed by atoms with Crippen LogP contribution in [0.1, 0.15) is 19.3 Å². The molecule has 0 aromatic heterocycles. The maximum absolute atomic E-state index is 12.1. The first-order valence-corrected chi connectivity index (χ1v) is 9.35. The van der Waals surface area contributed by atoms with Crippen molar-refractivity contribution in [2.75, 3.05) is 18.8 Å². The largest absolute Gasteiger partial charge is 0.481 e. The Morgan fingerprint density at radius 3 is 2.13 bits per heavy atom. The van der Waals surface area contributed by atoms with E-state index in [1.54, 1.807) is 0 Å². The fraction of sp³-hybridized carbons (Fsp3) is 0.600. The van der Waals surface area contributed by atoms with Crippen LogP contribution in [0.4, 0.5) is 0 Å². The molecule has 30 heavy (non-hydrogen) atoms. The lowest BCUT2D eigenvalue weighted by Gasteiger charge is -2.20. The third-order valence-electron chi connectivity index (χ3n) is 3.56.